The molecule has 0 aromatic rings. The Morgan fingerprint density at radius 3 is 1.79 bits per heavy atom. The van der Waals surface area contributed by atoms with E-state index < -0.39 is 0 Å². The summed E-state index contributed by atoms with van der Waals surface area (Å²) in [6, 6.07) is 0.245. The molecule has 2 N–H and O–H groups in total. The molecule has 0 aliphatic heterocycles. The fourth-order valence-electron chi connectivity index (χ4n) is 1.48. The van der Waals surface area contributed by atoms with Gasteiger partial charge in [-0.2, -0.15) is 0 Å². The summed E-state index contributed by atoms with van der Waals surface area (Å²) in [5.41, 5.74) is 6.68. The van der Waals surface area contributed by atoms with Crippen LogP contribution in [0, 0.1) is 10.8 Å². The van der Waals surface area contributed by atoms with E-state index >= 15 is 0 Å². The van der Waals surface area contributed by atoms with Crippen molar-refractivity contribution >= 4 is 0 Å². The van der Waals surface area contributed by atoms with Gasteiger partial charge in [-0.15, -0.1) is 0 Å². The minimum Gasteiger partial charge on any atom is -0.326 e. The molecule has 0 aliphatic carbocycles. The van der Waals surface area contributed by atoms with Gasteiger partial charge in [0.1, 0.15) is 0 Å². The third-order valence-corrected chi connectivity index (χ3v) is 2.37. The van der Waals surface area contributed by atoms with E-state index in [-0.39, 0.29) is 11.5 Å². The van der Waals surface area contributed by atoms with E-state index in [0.717, 1.165) is 13.1 Å². The zero-order chi connectivity index (χ0) is 11.6. The second-order valence-corrected chi connectivity index (χ2v) is 6.73. The molecule has 0 aromatic carbocycles. The molecule has 0 radical (unpaired) electrons. The first-order chi connectivity index (χ1) is 6.02. The second kappa shape index (κ2) is 4.63. The predicted octanol–water partition coefficient (Wildman–Crippen LogP) is 2.34. The summed E-state index contributed by atoms with van der Waals surface area (Å²) in [5, 5.41) is 0. The van der Waals surface area contributed by atoms with Crippen LogP contribution in [-0.4, -0.2) is 31.1 Å². The largest absolute Gasteiger partial charge is 0.326 e. The van der Waals surface area contributed by atoms with Crippen molar-refractivity contribution in [3.8, 4) is 0 Å². The van der Waals surface area contributed by atoms with Gasteiger partial charge in [0, 0.05) is 19.1 Å². The third-order valence-electron chi connectivity index (χ3n) is 2.37. The van der Waals surface area contributed by atoms with Gasteiger partial charge in [0.2, 0.25) is 0 Å². The topological polar surface area (TPSA) is 29.3 Å². The van der Waals surface area contributed by atoms with E-state index in [2.05, 4.69) is 53.5 Å². The van der Waals surface area contributed by atoms with Crippen molar-refractivity contribution in [3.05, 3.63) is 0 Å². The average molecular weight is 200 g/mol. The molecule has 0 fully saturated rings. The number of hydrogen-bond donors (Lipinski definition) is 1. The maximum absolute atomic E-state index is 6.13. The number of hydrogen-bond acceptors (Lipinski definition) is 2. The van der Waals surface area contributed by atoms with E-state index in [0.29, 0.717) is 5.41 Å². The minimum absolute atomic E-state index is 0.201. The molecule has 0 rings (SSSR count). The highest BCUT2D eigenvalue weighted by Crippen LogP contribution is 2.19. The van der Waals surface area contributed by atoms with Crippen molar-refractivity contribution in [3.63, 3.8) is 0 Å². The Hall–Kier alpha value is -0.0800. The third kappa shape index (κ3) is 6.39. The van der Waals surface area contributed by atoms with E-state index in [1.54, 1.807) is 0 Å². The highest BCUT2D eigenvalue weighted by molar-refractivity contribution is 4.80. The van der Waals surface area contributed by atoms with Crippen LogP contribution in [0.3, 0.4) is 0 Å². The summed E-state index contributed by atoms with van der Waals surface area (Å²) in [5.74, 6) is 0. The molecular weight excluding hydrogens is 172 g/mol. The Morgan fingerprint density at radius 2 is 1.50 bits per heavy atom. The molecule has 2 heteroatoms. The van der Waals surface area contributed by atoms with E-state index in [9.17, 15) is 0 Å². The normalized spacial score (nSPS) is 16.1. The van der Waals surface area contributed by atoms with Crippen LogP contribution in [0.25, 0.3) is 0 Å². The summed E-state index contributed by atoms with van der Waals surface area (Å²) in [4.78, 5) is 2.33. The van der Waals surface area contributed by atoms with Gasteiger partial charge in [-0.05, 0) is 17.9 Å². The maximum atomic E-state index is 6.13. The van der Waals surface area contributed by atoms with Crippen molar-refractivity contribution in [1.82, 2.24) is 4.90 Å². The molecule has 0 aromatic heterocycles. The van der Waals surface area contributed by atoms with Crippen molar-refractivity contribution in [2.24, 2.45) is 16.6 Å². The number of rotatable bonds is 3. The molecule has 0 heterocycles. The van der Waals surface area contributed by atoms with Crippen LogP contribution in [-0.2, 0) is 0 Å². The molecule has 1 unspecified atom stereocenters. The molecule has 0 saturated carbocycles. The summed E-state index contributed by atoms with van der Waals surface area (Å²) in [6.45, 7) is 15.4. The molecule has 2 nitrogen and oxygen atoms in total. The van der Waals surface area contributed by atoms with Crippen molar-refractivity contribution < 1.29 is 0 Å². The van der Waals surface area contributed by atoms with E-state index in [1.165, 1.54) is 0 Å². The minimum atomic E-state index is 0.201. The SMILES string of the molecule is CN(CC(N)C(C)(C)C)CC(C)(C)C. The van der Waals surface area contributed by atoms with Crippen molar-refractivity contribution in [2.45, 2.75) is 47.6 Å². The molecule has 0 bridgehead atoms. The van der Waals surface area contributed by atoms with Crippen LogP contribution in [0.2, 0.25) is 0 Å². The maximum Gasteiger partial charge on any atom is 0.0217 e. The monoisotopic (exact) mass is 200 g/mol. The van der Waals surface area contributed by atoms with Gasteiger partial charge in [0.05, 0.1) is 0 Å². The van der Waals surface area contributed by atoms with Gasteiger partial charge < -0.3 is 10.6 Å². The lowest BCUT2D eigenvalue weighted by atomic mass is 9.86. The average Bonchev–Trinajstić information content (AvgIpc) is 1.79. The van der Waals surface area contributed by atoms with E-state index in [1.807, 2.05) is 0 Å². The summed E-state index contributed by atoms with van der Waals surface area (Å²) >= 11 is 0. The standard InChI is InChI=1S/C12H28N2/c1-11(2,3)9-14(7)8-10(13)12(4,5)6/h10H,8-9,13H2,1-7H3. The van der Waals surface area contributed by atoms with Crippen LogP contribution in [0.15, 0.2) is 0 Å². The lowest BCUT2D eigenvalue weighted by Gasteiger charge is -2.33. The molecular formula is C12H28N2. The fourth-order valence-corrected chi connectivity index (χ4v) is 1.48. The van der Waals surface area contributed by atoms with Gasteiger partial charge >= 0.3 is 0 Å². The zero-order valence-electron chi connectivity index (χ0n) is 11.0. The number of nitrogens with zero attached hydrogens (tertiary/aromatic N) is 1. The highest BCUT2D eigenvalue weighted by Gasteiger charge is 2.23. The van der Waals surface area contributed by atoms with Crippen LogP contribution in [0.5, 0.6) is 0 Å². The lowest BCUT2D eigenvalue weighted by Crippen LogP contribution is -2.45. The Balaban J connectivity index is 4.01. The zero-order valence-corrected chi connectivity index (χ0v) is 11.0. The Kier molecular flexibility index (Phi) is 4.60. The Labute approximate surface area is 89.9 Å². The molecule has 14 heavy (non-hydrogen) atoms. The first-order valence-electron chi connectivity index (χ1n) is 5.46. The Morgan fingerprint density at radius 1 is 1.07 bits per heavy atom. The lowest BCUT2D eigenvalue weighted by molar-refractivity contribution is 0.180. The van der Waals surface area contributed by atoms with Crippen LogP contribution < -0.4 is 5.73 Å². The first-order valence-corrected chi connectivity index (χ1v) is 5.46. The summed E-state index contributed by atoms with van der Waals surface area (Å²) in [6.07, 6.45) is 0. The molecule has 1 atom stereocenters. The van der Waals surface area contributed by atoms with Gasteiger partial charge in [0.15, 0.2) is 0 Å². The molecule has 0 amide bonds. The van der Waals surface area contributed by atoms with Crippen molar-refractivity contribution in [1.29, 1.82) is 0 Å². The van der Waals surface area contributed by atoms with Gasteiger partial charge in [-0.25, -0.2) is 0 Å². The predicted molar refractivity (Wildman–Crippen MR) is 64.4 cm³/mol. The molecule has 0 spiro atoms. The summed E-state index contributed by atoms with van der Waals surface area (Å²) in [7, 11) is 2.15. The quantitative estimate of drug-likeness (QED) is 0.757. The molecule has 0 aliphatic rings. The molecule has 0 saturated heterocycles. The van der Waals surface area contributed by atoms with E-state index in [4.69, 9.17) is 5.73 Å². The second-order valence-electron chi connectivity index (χ2n) is 6.73. The molecule has 86 valence electrons. The Bertz CT molecular complexity index is 162. The van der Waals surface area contributed by atoms with Crippen molar-refractivity contribution in [2.75, 3.05) is 20.1 Å². The smallest absolute Gasteiger partial charge is 0.0217 e. The van der Waals surface area contributed by atoms with Crippen LogP contribution >= 0.6 is 0 Å². The van der Waals surface area contributed by atoms with Gasteiger partial charge in [-0.1, -0.05) is 41.5 Å². The number of nitrogens with two attached hydrogens (primary N) is 1. The number of likely N-dealkylation sites (N-methyl/N-ethyl adjacent to an activating group) is 1. The van der Waals surface area contributed by atoms with Crippen LogP contribution in [0.1, 0.15) is 41.5 Å². The van der Waals surface area contributed by atoms with Crippen LogP contribution in [0.4, 0.5) is 0 Å². The highest BCUT2D eigenvalue weighted by atomic mass is 15.1. The first kappa shape index (κ1) is 13.9. The van der Waals surface area contributed by atoms with Gasteiger partial charge in [0.25, 0.3) is 0 Å². The summed E-state index contributed by atoms with van der Waals surface area (Å²) < 4.78 is 0. The fraction of sp³-hybridized carbons (Fsp3) is 1.00. The van der Waals surface area contributed by atoms with Gasteiger partial charge in [-0.3, -0.25) is 0 Å².